The van der Waals surface area contributed by atoms with Crippen molar-refractivity contribution in [2.24, 2.45) is 0 Å². The summed E-state index contributed by atoms with van der Waals surface area (Å²) in [5, 5.41) is 0. The van der Waals surface area contributed by atoms with E-state index in [4.69, 9.17) is 0 Å². The number of fused-ring (bicyclic) bond motifs is 2. The molecule has 0 N–H and O–H groups in total. The lowest BCUT2D eigenvalue weighted by Crippen LogP contribution is -2.64. The molecule has 0 saturated carbocycles. The Bertz CT molecular complexity index is 1080. The predicted molar refractivity (Wildman–Crippen MR) is 140 cm³/mol. The molecule has 2 saturated heterocycles. The Morgan fingerprint density at radius 1 is 0.800 bits per heavy atom. The van der Waals surface area contributed by atoms with Gasteiger partial charge in [0.2, 0.25) is 5.91 Å². The van der Waals surface area contributed by atoms with Gasteiger partial charge in [0, 0.05) is 31.6 Å². The van der Waals surface area contributed by atoms with Gasteiger partial charge >= 0.3 is 6.03 Å². The number of anilines is 2. The minimum Gasteiger partial charge on any atom is -0.333 e. The van der Waals surface area contributed by atoms with Crippen LogP contribution in [-0.2, 0) is 4.79 Å². The van der Waals surface area contributed by atoms with Crippen molar-refractivity contribution in [3.05, 3.63) is 96.6 Å². The summed E-state index contributed by atoms with van der Waals surface area (Å²) >= 11 is 0. The van der Waals surface area contributed by atoms with Crippen molar-refractivity contribution in [1.82, 2.24) is 9.80 Å². The number of hydrogen-bond acceptors (Lipinski definition) is 2. The van der Waals surface area contributed by atoms with Crippen LogP contribution in [0, 0.1) is 0 Å². The van der Waals surface area contributed by atoms with Crippen LogP contribution in [0.5, 0.6) is 0 Å². The molecule has 0 radical (unpaired) electrons. The van der Waals surface area contributed by atoms with Gasteiger partial charge in [0.25, 0.3) is 0 Å². The molecule has 2 fully saturated rings. The van der Waals surface area contributed by atoms with Crippen molar-refractivity contribution < 1.29 is 9.59 Å². The first kappa shape index (κ1) is 23.2. The van der Waals surface area contributed by atoms with Crippen molar-refractivity contribution >= 4 is 23.3 Å². The van der Waals surface area contributed by atoms with Gasteiger partial charge in [0.15, 0.2) is 0 Å². The molecule has 35 heavy (non-hydrogen) atoms. The molecule has 1 unspecified atom stereocenters. The van der Waals surface area contributed by atoms with Crippen molar-refractivity contribution in [1.29, 1.82) is 0 Å². The highest BCUT2D eigenvalue weighted by Crippen LogP contribution is 2.34. The third kappa shape index (κ3) is 4.95. The molecule has 0 aliphatic carbocycles. The van der Waals surface area contributed by atoms with Crippen LogP contribution in [-0.4, -0.2) is 46.9 Å². The number of amides is 3. The smallest absolute Gasteiger partial charge is 0.329 e. The van der Waals surface area contributed by atoms with Gasteiger partial charge in [0.05, 0.1) is 11.4 Å². The average Bonchev–Trinajstić information content (AvgIpc) is 2.89. The van der Waals surface area contributed by atoms with Crippen LogP contribution in [0.25, 0.3) is 0 Å². The lowest BCUT2D eigenvalue weighted by molar-refractivity contribution is -0.142. The van der Waals surface area contributed by atoms with Crippen LogP contribution in [0.15, 0.2) is 91.0 Å². The highest BCUT2D eigenvalue weighted by molar-refractivity contribution is 5.99. The number of carbonyl (C=O) groups is 2. The van der Waals surface area contributed by atoms with E-state index < -0.39 is 0 Å². The number of hydrogen-bond donors (Lipinski definition) is 0. The monoisotopic (exact) mass is 467 g/mol. The number of piperazine rings is 1. The maximum atomic E-state index is 13.9. The third-order valence-corrected chi connectivity index (χ3v) is 7.35. The van der Waals surface area contributed by atoms with E-state index >= 15 is 0 Å². The fourth-order valence-corrected chi connectivity index (χ4v) is 5.60. The average molecular weight is 468 g/mol. The zero-order valence-electron chi connectivity index (χ0n) is 20.3. The van der Waals surface area contributed by atoms with Crippen LogP contribution < -0.4 is 4.90 Å². The summed E-state index contributed by atoms with van der Waals surface area (Å²) in [6.45, 7) is 3.29. The number of urea groups is 1. The second kappa shape index (κ2) is 10.3. The Balaban J connectivity index is 1.34. The fraction of sp³-hybridized carbons (Fsp3) is 0.333. The van der Waals surface area contributed by atoms with E-state index in [-0.39, 0.29) is 29.9 Å². The SMILES string of the molecule is CC(CC(=O)N1[C@@H]2CCC[C@H]1CN(C(=O)N(c1ccccc1)c1ccccc1)C2)c1ccccc1. The van der Waals surface area contributed by atoms with Crippen molar-refractivity contribution in [2.75, 3.05) is 18.0 Å². The van der Waals surface area contributed by atoms with E-state index in [9.17, 15) is 9.59 Å². The van der Waals surface area contributed by atoms with E-state index in [0.717, 1.165) is 30.6 Å². The standard InChI is InChI=1S/C30H33N3O2/c1-23(24-12-5-2-6-13-24)20-29(34)32-27-18-11-19-28(32)22-31(21-27)30(35)33(25-14-7-3-8-15-25)26-16-9-4-10-17-26/h2-10,12-17,23,27-28H,11,18-22H2,1H3/t23?,27-,28+. The highest BCUT2D eigenvalue weighted by Gasteiger charge is 2.42. The number of piperidine rings is 1. The molecular weight excluding hydrogens is 434 g/mol. The lowest BCUT2D eigenvalue weighted by Gasteiger charge is -2.51. The molecule has 180 valence electrons. The molecule has 2 aliphatic heterocycles. The minimum absolute atomic E-state index is 0.0240. The van der Waals surface area contributed by atoms with Gasteiger partial charge in [-0.05, 0) is 55.0 Å². The topological polar surface area (TPSA) is 43.9 Å². The maximum Gasteiger partial charge on any atom is 0.329 e. The third-order valence-electron chi connectivity index (χ3n) is 7.35. The first-order chi connectivity index (χ1) is 17.1. The van der Waals surface area contributed by atoms with E-state index in [1.54, 1.807) is 4.90 Å². The van der Waals surface area contributed by atoms with Gasteiger partial charge in [-0.15, -0.1) is 0 Å². The molecule has 5 heteroatoms. The van der Waals surface area contributed by atoms with Crippen molar-refractivity contribution in [2.45, 2.75) is 50.6 Å². The number of likely N-dealkylation sites (tertiary alicyclic amines) is 1. The van der Waals surface area contributed by atoms with Crippen LogP contribution in [0.4, 0.5) is 16.2 Å². The van der Waals surface area contributed by atoms with Gasteiger partial charge in [-0.1, -0.05) is 73.7 Å². The number of benzene rings is 3. The van der Waals surface area contributed by atoms with E-state index in [1.807, 2.05) is 83.8 Å². The molecule has 3 aromatic rings. The zero-order valence-corrected chi connectivity index (χ0v) is 20.3. The Hall–Kier alpha value is -3.60. The number of para-hydroxylation sites is 2. The Morgan fingerprint density at radius 2 is 1.29 bits per heavy atom. The van der Waals surface area contributed by atoms with Gasteiger partial charge in [0.1, 0.15) is 0 Å². The Kier molecular flexibility index (Phi) is 6.84. The number of carbonyl (C=O) groups excluding carboxylic acids is 2. The second-order valence-corrected chi connectivity index (χ2v) is 9.75. The molecule has 5 rings (SSSR count). The highest BCUT2D eigenvalue weighted by atomic mass is 16.2. The molecule has 2 aliphatic rings. The molecule has 3 atom stereocenters. The fourth-order valence-electron chi connectivity index (χ4n) is 5.60. The normalized spacial score (nSPS) is 20.3. The minimum atomic E-state index is -0.0240. The molecule has 2 bridgehead atoms. The Labute approximate surface area is 208 Å². The lowest BCUT2D eigenvalue weighted by atomic mass is 9.89. The van der Waals surface area contributed by atoms with E-state index in [2.05, 4.69) is 24.0 Å². The maximum absolute atomic E-state index is 13.9. The largest absolute Gasteiger partial charge is 0.333 e. The van der Waals surface area contributed by atoms with E-state index in [1.165, 1.54) is 5.56 Å². The van der Waals surface area contributed by atoms with Crippen molar-refractivity contribution in [3.63, 3.8) is 0 Å². The molecule has 5 nitrogen and oxygen atoms in total. The van der Waals surface area contributed by atoms with Crippen LogP contribution in [0.2, 0.25) is 0 Å². The predicted octanol–water partition coefficient (Wildman–Crippen LogP) is 6.20. The summed E-state index contributed by atoms with van der Waals surface area (Å²) in [7, 11) is 0. The first-order valence-corrected chi connectivity index (χ1v) is 12.7. The van der Waals surface area contributed by atoms with Crippen LogP contribution in [0.1, 0.15) is 44.1 Å². The van der Waals surface area contributed by atoms with Gasteiger partial charge in [-0.25, -0.2) is 4.79 Å². The van der Waals surface area contributed by atoms with Crippen molar-refractivity contribution in [3.8, 4) is 0 Å². The summed E-state index contributed by atoms with van der Waals surface area (Å²) in [5.74, 6) is 0.391. The second-order valence-electron chi connectivity index (χ2n) is 9.75. The molecule has 2 heterocycles. The Morgan fingerprint density at radius 3 is 1.80 bits per heavy atom. The number of nitrogens with zero attached hydrogens (tertiary/aromatic N) is 3. The van der Waals surface area contributed by atoms with Gasteiger partial charge < -0.3 is 9.80 Å². The zero-order chi connectivity index (χ0) is 24.2. The molecule has 3 amide bonds. The summed E-state index contributed by atoms with van der Waals surface area (Å²) < 4.78 is 0. The quantitative estimate of drug-likeness (QED) is 0.448. The van der Waals surface area contributed by atoms with Crippen LogP contribution in [0.3, 0.4) is 0 Å². The molecular formula is C30H33N3O2. The summed E-state index contributed by atoms with van der Waals surface area (Å²) in [6.07, 6.45) is 3.51. The summed E-state index contributed by atoms with van der Waals surface area (Å²) in [5.41, 5.74) is 2.90. The molecule has 0 aromatic heterocycles. The van der Waals surface area contributed by atoms with E-state index in [0.29, 0.717) is 19.5 Å². The molecule has 3 aromatic carbocycles. The summed E-state index contributed by atoms with van der Waals surface area (Å²) in [4.78, 5) is 33.2. The summed E-state index contributed by atoms with van der Waals surface area (Å²) in [6, 6.07) is 30.0. The molecule has 0 spiro atoms. The first-order valence-electron chi connectivity index (χ1n) is 12.7. The van der Waals surface area contributed by atoms with Crippen LogP contribution >= 0.6 is 0 Å². The van der Waals surface area contributed by atoms with Gasteiger partial charge in [-0.3, -0.25) is 9.69 Å². The number of rotatable bonds is 5. The van der Waals surface area contributed by atoms with Gasteiger partial charge in [-0.2, -0.15) is 0 Å².